The maximum Gasteiger partial charge on any atom is 0.0638 e. The van der Waals surface area contributed by atoms with E-state index in [9.17, 15) is 0 Å². The van der Waals surface area contributed by atoms with E-state index in [0.29, 0.717) is 0 Å². The number of hydrogen-bond acceptors (Lipinski definition) is 3. The van der Waals surface area contributed by atoms with Crippen LogP contribution >= 0.6 is 0 Å². The predicted molar refractivity (Wildman–Crippen MR) is 70.4 cm³/mol. The van der Waals surface area contributed by atoms with Gasteiger partial charge in [0.1, 0.15) is 0 Å². The van der Waals surface area contributed by atoms with E-state index in [2.05, 4.69) is 28.2 Å². The molecule has 2 aliphatic rings. The van der Waals surface area contributed by atoms with Gasteiger partial charge in [0.15, 0.2) is 0 Å². The zero-order chi connectivity index (χ0) is 12.4. The van der Waals surface area contributed by atoms with Crippen LogP contribution in [-0.2, 0) is 17.8 Å². The van der Waals surface area contributed by atoms with Crippen molar-refractivity contribution in [2.75, 3.05) is 13.2 Å². The lowest BCUT2D eigenvalue weighted by molar-refractivity contribution is 0.0601. The van der Waals surface area contributed by atoms with E-state index < -0.39 is 0 Å². The highest BCUT2D eigenvalue weighted by Gasteiger charge is 2.21. The average Bonchev–Trinajstić information content (AvgIpc) is 3.14. The minimum absolute atomic E-state index is 0.738. The van der Waals surface area contributed by atoms with Gasteiger partial charge in [-0.1, -0.05) is 0 Å². The number of aryl methyl sites for hydroxylation is 1. The van der Waals surface area contributed by atoms with Crippen LogP contribution in [0.5, 0.6) is 0 Å². The lowest BCUT2D eigenvalue weighted by atomic mass is 10.0. The first-order valence-corrected chi connectivity index (χ1v) is 7.15. The Morgan fingerprint density at radius 1 is 1.33 bits per heavy atom. The molecule has 0 spiro atoms. The highest BCUT2D eigenvalue weighted by molar-refractivity contribution is 5.15. The van der Waals surface area contributed by atoms with Crippen molar-refractivity contribution in [1.82, 2.24) is 15.1 Å². The third kappa shape index (κ3) is 3.12. The first-order valence-electron chi connectivity index (χ1n) is 7.15. The molecule has 0 aromatic carbocycles. The molecule has 0 bridgehead atoms. The predicted octanol–water partition coefficient (Wildman–Crippen LogP) is 1.87. The molecule has 4 nitrogen and oxygen atoms in total. The Morgan fingerprint density at radius 3 is 2.83 bits per heavy atom. The summed E-state index contributed by atoms with van der Waals surface area (Å²) in [5, 5.41) is 8.20. The molecule has 0 amide bonds. The maximum absolute atomic E-state index is 5.40. The molecule has 1 aliphatic heterocycles. The quantitative estimate of drug-likeness (QED) is 0.866. The molecule has 100 valence electrons. The summed E-state index contributed by atoms with van der Waals surface area (Å²) in [4.78, 5) is 0. The fourth-order valence-electron chi connectivity index (χ4n) is 2.56. The lowest BCUT2D eigenvalue weighted by Gasteiger charge is -2.21. The molecule has 1 N–H and O–H groups in total. The molecule has 1 aromatic rings. The van der Waals surface area contributed by atoms with E-state index in [1.165, 1.54) is 36.9 Å². The van der Waals surface area contributed by atoms with Crippen LogP contribution in [0, 0.1) is 12.8 Å². The number of aromatic nitrogens is 2. The van der Waals surface area contributed by atoms with Crippen LogP contribution in [0.15, 0.2) is 6.20 Å². The Morgan fingerprint density at radius 2 is 2.11 bits per heavy atom. The van der Waals surface area contributed by atoms with Crippen LogP contribution in [0.3, 0.4) is 0 Å². The van der Waals surface area contributed by atoms with Crippen LogP contribution in [0.2, 0.25) is 0 Å². The minimum atomic E-state index is 0.738. The van der Waals surface area contributed by atoms with Crippen molar-refractivity contribution in [1.29, 1.82) is 0 Å². The minimum Gasteiger partial charge on any atom is -0.381 e. The van der Waals surface area contributed by atoms with Crippen LogP contribution in [0.4, 0.5) is 0 Å². The van der Waals surface area contributed by atoms with E-state index in [4.69, 9.17) is 4.74 Å². The molecular weight excluding hydrogens is 226 g/mol. The molecule has 4 heteroatoms. The van der Waals surface area contributed by atoms with E-state index in [0.717, 1.165) is 38.3 Å². The van der Waals surface area contributed by atoms with Gasteiger partial charge in [-0.15, -0.1) is 0 Å². The Balaban J connectivity index is 1.56. The van der Waals surface area contributed by atoms with Gasteiger partial charge in [-0.25, -0.2) is 0 Å². The third-order valence-electron chi connectivity index (χ3n) is 3.99. The van der Waals surface area contributed by atoms with Crippen molar-refractivity contribution < 1.29 is 4.74 Å². The fraction of sp³-hybridized carbons (Fsp3) is 0.786. The molecule has 1 saturated heterocycles. The van der Waals surface area contributed by atoms with Gasteiger partial charge in [0.25, 0.3) is 0 Å². The van der Waals surface area contributed by atoms with Crippen LogP contribution < -0.4 is 5.32 Å². The smallest absolute Gasteiger partial charge is 0.0638 e. The van der Waals surface area contributed by atoms with E-state index >= 15 is 0 Å². The van der Waals surface area contributed by atoms with Gasteiger partial charge >= 0.3 is 0 Å². The van der Waals surface area contributed by atoms with Crippen molar-refractivity contribution in [3.63, 3.8) is 0 Å². The molecule has 18 heavy (non-hydrogen) atoms. The number of nitrogens with one attached hydrogen (secondary N) is 1. The largest absolute Gasteiger partial charge is 0.381 e. The summed E-state index contributed by atoms with van der Waals surface area (Å²) in [5.74, 6) is 0.738. The maximum atomic E-state index is 5.40. The van der Waals surface area contributed by atoms with Crippen molar-refractivity contribution in [3.05, 3.63) is 17.5 Å². The number of ether oxygens (including phenoxy) is 1. The summed E-state index contributed by atoms with van der Waals surface area (Å²) in [6, 6.07) is 0.767. The van der Waals surface area contributed by atoms with Crippen molar-refractivity contribution in [3.8, 4) is 0 Å². The van der Waals surface area contributed by atoms with E-state index in [1.54, 1.807) is 0 Å². The zero-order valence-electron chi connectivity index (χ0n) is 11.2. The monoisotopic (exact) mass is 249 g/mol. The molecule has 0 unspecified atom stereocenters. The van der Waals surface area contributed by atoms with Crippen LogP contribution in [-0.4, -0.2) is 29.0 Å². The topological polar surface area (TPSA) is 39.1 Å². The fourth-order valence-corrected chi connectivity index (χ4v) is 2.56. The average molecular weight is 249 g/mol. The Hall–Kier alpha value is -0.870. The molecule has 2 heterocycles. The second-order valence-electron chi connectivity index (χ2n) is 5.67. The second kappa shape index (κ2) is 5.41. The summed E-state index contributed by atoms with van der Waals surface area (Å²) in [6.07, 6.45) is 7.26. The van der Waals surface area contributed by atoms with Gasteiger partial charge in [0, 0.05) is 44.1 Å². The van der Waals surface area contributed by atoms with Gasteiger partial charge in [0.05, 0.1) is 5.69 Å². The second-order valence-corrected chi connectivity index (χ2v) is 5.67. The summed E-state index contributed by atoms with van der Waals surface area (Å²) in [6.45, 7) is 5.98. The molecule has 1 aliphatic carbocycles. The SMILES string of the molecule is Cc1nn(CC2CCOCC2)cc1CNC1CC1. The molecule has 1 aromatic heterocycles. The van der Waals surface area contributed by atoms with Crippen molar-refractivity contribution in [2.45, 2.75) is 51.7 Å². The highest BCUT2D eigenvalue weighted by atomic mass is 16.5. The lowest BCUT2D eigenvalue weighted by Crippen LogP contribution is -2.20. The summed E-state index contributed by atoms with van der Waals surface area (Å²) in [5.41, 5.74) is 2.53. The summed E-state index contributed by atoms with van der Waals surface area (Å²) in [7, 11) is 0. The standard InChI is InChI=1S/C14H23N3O/c1-11-13(8-15-14-2-3-14)10-17(16-11)9-12-4-6-18-7-5-12/h10,12,14-15H,2-9H2,1H3. The number of rotatable bonds is 5. The summed E-state index contributed by atoms with van der Waals surface area (Å²) >= 11 is 0. The first-order chi connectivity index (χ1) is 8.81. The number of hydrogen-bond donors (Lipinski definition) is 1. The Kier molecular flexibility index (Phi) is 3.66. The molecule has 0 atom stereocenters. The molecular formula is C14H23N3O. The third-order valence-corrected chi connectivity index (χ3v) is 3.99. The van der Waals surface area contributed by atoms with Crippen molar-refractivity contribution >= 4 is 0 Å². The van der Waals surface area contributed by atoms with Crippen LogP contribution in [0.1, 0.15) is 36.9 Å². The van der Waals surface area contributed by atoms with Gasteiger partial charge in [-0.2, -0.15) is 5.10 Å². The van der Waals surface area contributed by atoms with Gasteiger partial charge in [-0.05, 0) is 38.5 Å². The molecule has 2 fully saturated rings. The highest BCUT2D eigenvalue weighted by Crippen LogP contribution is 2.20. The summed E-state index contributed by atoms with van der Waals surface area (Å²) < 4.78 is 7.53. The molecule has 3 rings (SSSR count). The van der Waals surface area contributed by atoms with Crippen molar-refractivity contribution in [2.24, 2.45) is 5.92 Å². The molecule has 0 radical (unpaired) electrons. The normalized spacial score (nSPS) is 21.4. The van der Waals surface area contributed by atoms with E-state index in [1.807, 2.05) is 0 Å². The van der Waals surface area contributed by atoms with Gasteiger partial charge in [0.2, 0.25) is 0 Å². The molecule has 1 saturated carbocycles. The van der Waals surface area contributed by atoms with Gasteiger partial charge < -0.3 is 10.1 Å². The Labute approximate surface area is 109 Å². The number of nitrogens with zero attached hydrogens (tertiary/aromatic N) is 2. The first kappa shape index (κ1) is 12.2. The Bertz CT molecular complexity index is 392. The van der Waals surface area contributed by atoms with Gasteiger partial charge in [-0.3, -0.25) is 4.68 Å². The van der Waals surface area contributed by atoms with Crippen LogP contribution in [0.25, 0.3) is 0 Å². The van der Waals surface area contributed by atoms with E-state index in [-0.39, 0.29) is 0 Å². The zero-order valence-corrected chi connectivity index (χ0v) is 11.2.